The highest BCUT2D eigenvalue weighted by molar-refractivity contribution is 5.94. The smallest absolute Gasteiger partial charge is 0.236 e. The maximum Gasteiger partial charge on any atom is 0.236 e. The molecule has 2 aliphatic rings. The molecular weight excluding hydrogens is 464 g/mol. The van der Waals surface area contributed by atoms with Crippen LogP contribution >= 0.6 is 0 Å². The van der Waals surface area contributed by atoms with Crippen molar-refractivity contribution in [2.24, 2.45) is 5.73 Å². The number of aryl methyl sites for hydroxylation is 1. The summed E-state index contributed by atoms with van der Waals surface area (Å²) < 4.78 is 2.23. The Morgan fingerprint density at radius 1 is 0.973 bits per heavy atom. The first kappa shape index (κ1) is 25.6. The zero-order chi connectivity index (χ0) is 25.6. The predicted molar refractivity (Wildman–Crippen MR) is 148 cm³/mol. The van der Waals surface area contributed by atoms with Crippen molar-refractivity contribution >= 4 is 22.9 Å². The van der Waals surface area contributed by atoms with E-state index in [9.17, 15) is 4.79 Å². The molecule has 37 heavy (non-hydrogen) atoms. The largest absolute Gasteiger partial charge is 0.355 e. The first-order valence-corrected chi connectivity index (χ1v) is 13.7. The van der Waals surface area contributed by atoms with E-state index in [1.807, 2.05) is 6.20 Å². The molecule has 1 fully saturated rings. The Morgan fingerprint density at radius 3 is 2.51 bits per heavy atom. The number of nitrogens with two attached hydrogens (primary N) is 1. The molecule has 2 aromatic heterocycles. The molecule has 0 radical (unpaired) electrons. The van der Waals surface area contributed by atoms with Crippen molar-refractivity contribution in [3.63, 3.8) is 0 Å². The van der Waals surface area contributed by atoms with Crippen LogP contribution in [0, 0.1) is 0 Å². The number of hydrogen-bond donors (Lipinski definition) is 3. The minimum absolute atomic E-state index is 0.0460. The molecule has 198 valence electrons. The number of hydrogen-bond acceptors (Lipinski definition) is 7. The van der Waals surface area contributed by atoms with Gasteiger partial charge in [0.15, 0.2) is 0 Å². The Labute approximate surface area is 219 Å². The average Bonchev–Trinajstić information content (AvgIpc) is 3.27. The van der Waals surface area contributed by atoms with Crippen LogP contribution in [0.15, 0.2) is 36.7 Å². The van der Waals surface area contributed by atoms with E-state index in [4.69, 9.17) is 10.7 Å². The van der Waals surface area contributed by atoms with Gasteiger partial charge in [-0.25, -0.2) is 4.98 Å². The van der Waals surface area contributed by atoms with Gasteiger partial charge in [0.1, 0.15) is 5.65 Å². The molecule has 0 saturated carbocycles. The van der Waals surface area contributed by atoms with Crippen LogP contribution in [-0.2, 0) is 17.9 Å². The van der Waals surface area contributed by atoms with Crippen LogP contribution in [0.1, 0.15) is 37.7 Å². The van der Waals surface area contributed by atoms with Crippen molar-refractivity contribution in [1.29, 1.82) is 0 Å². The third kappa shape index (κ3) is 6.47. The Bertz CT molecular complexity index is 1180. The molecule has 0 aliphatic carbocycles. The van der Waals surface area contributed by atoms with E-state index in [0.717, 1.165) is 88.1 Å². The molecule has 2 bridgehead atoms. The minimum Gasteiger partial charge on any atom is -0.355 e. The van der Waals surface area contributed by atoms with Crippen LogP contribution in [0.25, 0.3) is 22.2 Å². The maximum atomic E-state index is 12.2. The highest BCUT2D eigenvalue weighted by Gasteiger charge is 2.17. The van der Waals surface area contributed by atoms with E-state index >= 15 is 0 Å². The summed E-state index contributed by atoms with van der Waals surface area (Å²) in [4.78, 5) is 26.7. The zero-order valence-electron chi connectivity index (χ0n) is 22.0. The number of nitrogens with one attached hydrogen (secondary N) is 2. The average molecular weight is 505 g/mol. The van der Waals surface area contributed by atoms with Gasteiger partial charge in [-0.05, 0) is 50.3 Å². The topological polar surface area (TPSA) is 104 Å². The number of fused-ring (bicyclic) bond motifs is 1. The summed E-state index contributed by atoms with van der Waals surface area (Å²) in [6.45, 7) is 7.73. The summed E-state index contributed by atoms with van der Waals surface area (Å²) in [5.74, 6) is 0.606. The third-order valence-electron chi connectivity index (χ3n) is 7.57. The van der Waals surface area contributed by atoms with Gasteiger partial charge in [0.25, 0.3) is 0 Å². The van der Waals surface area contributed by atoms with Crippen LogP contribution < -0.4 is 16.4 Å². The number of benzene rings is 1. The van der Waals surface area contributed by atoms with E-state index in [1.54, 1.807) is 0 Å². The summed E-state index contributed by atoms with van der Waals surface area (Å²) in [6, 6.07) is 8.51. The summed E-state index contributed by atoms with van der Waals surface area (Å²) in [6.07, 6.45) is 8.47. The second-order valence-corrected chi connectivity index (χ2v) is 10.5. The van der Waals surface area contributed by atoms with Crippen molar-refractivity contribution in [3.8, 4) is 11.1 Å². The van der Waals surface area contributed by atoms with Gasteiger partial charge < -0.3 is 25.8 Å². The standard InChI is InChI=1S/C28H40N8O/c1-34-14-16-35(17-15-34)19-21-7-9-22(10-8-21)24-20-36-13-5-2-6-25(29)27(37)30-11-3-4-12-31-28-32-18-23(24)26(36)33-28/h7-10,18,20,25H,2-6,11-17,19,29H2,1H3,(H,30,37)(H,31,32,33)/t25-/m0/s1. The molecule has 0 spiro atoms. The summed E-state index contributed by atoms with van der Waals surface area (Å²) in [7, 11) is 2.19. The van der Waals surface area contributed by atoms with E-state index in [2.05, 4.69) is 67.5 Å². The lowest BCUT2D eigenvalue weighted by Gasteiger charge is -2.32. The molecule has 4 heterocycles. The molecule has 9 heteroatoms. The van der Waals surface area contributed by atoms with Crippen LogP contribution in [-0.4, -0.2) is 82.6 Å². The van der Waals surface area contributed by atoms with Crippen molar-refractivity contribution < 1.29 is 4.79 Å². The fourth-order valence-electron chi connectivity index (χ4n) is 5.18. The third-order valence-corrected chi connectivity index (χ3v) is 7.57. The van der Waals surface area contributed by atoms with Gasteiger partial charge in [0.05, 0.1) is 6.04 Å². The Balaban J connectivity index is 1.36. The predicted octanol–water partition coefficient (Wildman–Crippen LogP) is 2.67. The molecule has 1 saturated heterocycles. The molecule has 2 aliphatic heterocycles. The SMILES string of the molecule is CN1CCN(Cc2ccc(-c3cn4c5nc(ncc35)NCCCCNC(=O)[C@@H](N)CCCC4)cc2)CC1. The first-order valence-electron chi connectivity index (χ1n) is 13.7. The number of carbonyl (C=O) groups is 1. The van der Waals surface area contributed by atoms with E-state index in [-0.39, 0.29) is 5.91 Å². The van der Waals surface area contributed by atoms with Crippen LogP contribution in [0.4, 0.5) is 5.95 Å². The normalized spacial score (nSPS) is 21.1. The zero-order valence-corrected chi connectivity index (χ0v) is 22.0. The molecule has 4 N–H and O–H groups in total. The molecule has 1 aromatic carbocycles. The lowest BCUT2D eigenvalue weighted by molar-refractivity contribution is -0.122. The second kappa shape index (κ2) is 12.0. The first-order chi connectivity index (χ1) is 18.1. The van der Waals surface area contributed by atoms with Crippen LogP contribution in [0.3, 0.4) is 0 Å². The molecule has 3 aromatic rings. The number of nitrogens with zero attached hydrogens (tertiary/aromatic N) is 5. The van der Waals surface area contributed by atoms with Gasteiger partial charge in [0.2, 0.25) is 11.9 Å². The molecule has 5 rings (SSSR count). The molecular formula is C28H40N8O. The lowest BCUT2D eigenvalue weighted by atomic mass is 10.0. The number of carbonyl (C=O) groups excluding carboxylic acids is 1. The highest BCUT2D eigenvalue weighted by atomic mass is 16.2. The van der Waals surface area contributed by atoms with Crippen molar-refractivity contribution in [3.05, 3.63) is 42.2 Å². The van der Waals surface area contributed by atoms with E-state index in [1.165, 1.54) is 11.1 Å². The van der Waals surface area contributed by atoms with Gasteiger partial charge in [-0.2, -0.15) is 4.98 Å². The van der Waals surface area contributed by atoms with E-state index < -0.39 is 6.04 Å². The number of aromatic nitrogens is 3. The number of amides is 1. The molecule has 0 unspecified atom stereocenters. The summed E-state index contributed by atoms with van der Waals surface area (Å²) in [5.41, 5.74) is 10.7. The Kier molecular flexibility index (Phi) is 8.33. The summed E-state index contributed by atoms with van der Waals surface area (Å²) >= 11 is 0. The van der Waals surface area contributed by atoms with E-state index in [0.29, 0.717) is 18.9 Å². The van der Waals surface area contributed by atoms with Gasteiger partial charge in [-0.3, -0.25) is 9.69 Å². The van der Waals surface area contributed by atoms with Gasteiger partial charge >= 0.3 is 0 Å². The number of rotatable bonds is 3. The lowest BCUT2D eigenvalue weighted by Crippen LogP contribution is -2.43. The molecule has 1 atom stereocenters. The maximum absolute atomic E-state index is 12.2. The van der Waals surface area contributed by atoms with Crippen molar-refractivity contribution in [1.82, 2.24) is 29.7 Å². The monoisotopic (exact) mass is 504 g/mol. The molecule has 1 amide bonds. The van der Waals surface area contributed by atoms with Gasteiger partial charge in [-0.15, -0.1) is 0 Å². The Hall–Kier alpha value is -3.01. The molecule has 9 nitrogen and oxygen atoms in total. The fourth-order valence-corrected chi connectivity index (χ4v) is 5.18. The van der Waals surface area contributed by atoms with Gasteiger partial charge in [0, 0.05) is 75.7 Å². The number of anilines is 1. The highest BCUT2D eigenvalue weighted by Crippen LogP contribution is 2.31. The number of likely N-dealkylation sites (N-methyl/N-ethyl adjacent to an activating group) is 1. The Morgan fingerprint density at radius 2 is 1.73 bits per heavy atom. The van der Waals surface area contributed by atoms with Crippen LogP contribution in [0.5, 0.6) is 0 Å². The minimum atomic E-state index is -0.443. The van der Waals surface area contributed by atoms with Crippen LogP contribution in [0.2, 0.25) is 0 Å². The second-order valence-electron chi connectivity index (χ2n) is 10.5. The quantitative estimate of drug-likeness (QED) is 0.504. The van der Waals surface area contributed by atoms with Crippen molar-refractivity contribution in [2.75, 3.05) is 51.6 Å². The van der Waals surface area contributed by atoms with Crippen molar-refractivity contribution in [2.45, 2.75) is 51.2 Å². The fraction of sp³-hybridized carbons (Fsp3) is 0.536. The number of piperazine rings is 1. The van der Waals surface area contributed by atoms with Gasteiger partial charge in [-0.1, -0.05) is 24.3 Å². The summed E-state index contributed by atoms with van der Waals surface area (Å²) in [5, 5.41) is 7.37.